The van der Waals surface area contributed by atoms with Crippen LogP contribution in [0.5, 0.6) is 0 Å². The van der Waals surface area contributed by atoms with E-state index in [1.54, 1.807) is 12.1 Å². The highest BCUT2D eigenvalue weighted by molar-refractivity contribution is 6.74. The Balaban J connectivity index is 1.78. The van der Waals surface area contributed by atoms with E-state index in [9.17, 15) is 4.79 Å². The molecule has 1 aromatic rings. The molecule has 0 aromatic heterocycles. The topological polar surface area (TPSA) is 63.2 Å². The van der Waals surface area contributed by atoms with Crippen molar-refractivity contribution in [2.45, 2.75) is 109 Å². The number of hydrogen-bond donors (Lipinski definition) is 0. The first-order chi connectivity index (χ1) is 14.6. The van der Waals surface area contributed by atoms with E-state index in [0.717, 1.165) is 0 Å². The van der Waals surface area contributed by atoms with Crippen molar-refractivity contribution >= 4 is 14.1 Å². The van der Waals surface area contributed by atoms with Crippen LogP contribution in [-0.4, -0.2) is 56.7 Å². The van der Waals surface area contributed by atoms with Gasteiger partial charge in [0.15, 0.2) is 31.8 Å². The second kappa shape index (κ2) is 8.93. The van der Waals surface area contributed by atoms with Crippen molar-refractivity contribution in [2.75, 3.05) is 6.61 Å². The fourth-order valence-corrected chi connectivity index (χ4v) is 5.07. The third kappa shape index (κ3) is 5.69. The molecule has 2 fully saturated rings. The number of ether oxygens (including phenoxy) is 4. The molecule has 2 heterocycles. The summed E-state index contributed by atoms with van der Waals surface area (Å²) in [4.78, 5) is 13.3. The quantitative estimate of drug-likeness (QED) is 0.402. The largest absolute Gasteiger partial charge is 0.417 e. The van der Waals surface area contributed by atoms with Crippen molar-refractivity contribution in [3.05, 3.63) is 35.9 Å². The maximum atomic E-state index is 13.3. The molecule has 4 atom stereocenters. The van der Waals surface area contributed by atoms with Crippen LogP contribution in [0.2, 0.25) is 18.1 Å². The van der Waals surface area contributed by atoms with Gasteiger partial charge in [-0.3, -0.25) is 4.79 Å². The molecule has 0 unspecified atom stereocenters. The standard InChI is InChI=1S/C25H40O6Si/c1-23(2,3)32(8,9)27-16-15-18-20(29-24(4,5)28-18)22-21(30-25(6,7)31-22)19(26)17-13-11-10-12-14-17/h10-14,18,20-22H,15-16H2,1-9H3/t18-,20+,21-,22-/m1/s1. The van der Waals surface area contributed by atoms with E-state index in [1.807, 2.05) is 45.9 Å². The Labute approximate surface area is 194 Å². The summed E-state index contributed by atoms with van der Waals surface area (Å²) in [6, 6.07) is 9.19. The van der Waals surface area contributed by atoms with Crippen LogP contribution in [0.15, 0.2) is 30.3 Å². The van der Waals surface area contributed by atoms with Crippen LogP contribution in [0.25, 0.3) is 0 Å². The summed E-state index contributed by atoms with van der Waals surface area (Å²) in [5, 5.41) is 0.137. The van der Waals surface area contributed by atoms with Gasteiger partial charge in [-0.05, 0) is 52.2 Å². The number of benzene rings is 1. The minimum absolute atomic E-state index is 0.106. The van der Waals surface area contributed by atoms with Crippen LogP contribution in [0.4, 0.5) is 0 Å². The summed E-state index contributed by atoms with van der Waals surface area (Å²) in [7, 11) is -1.87. The summed E-state index contributed by atoms with van der Waals surface area (Å²) >= 11 is 0. The van der Waals surface area contributed by atoms with Crippen molar-refractivity contribution in [1.29, 1.82) is 0 Å². The summed E-state index contributed by atoms with van der Waals surface area (Å²) in [5.74, 6) is -1.77. The lowest BCUT2D eigenvalue weighted by atomic mass is 9.95. The van der Waals surface area contributed by atoms with Crippen LogP contribution in [0, 0.1) is 0 Å². The predicted molar refractivity (Wildman–Crippen MR) is 126 cm³/mol. The first kappa shape index (κ1) is 25.5. The Morgan fingerprint density at radius 1 is 0.938 bits per heavy atom. The molecule has 0 bridgehead atoms. The number of hydrogen-bond acceptors (Lipinski definition) is 6. The molecule has 2 aliphatic rings. The van der Waals surface area contributed by atoms with Gasteiger partial charge in [0.2, 0.25) is 0 Å². The maximum absolute atomic E-state index is 13.3. The van der Waals surface area contributed by atoms with Crippen LogP contribution in [0.1, 0.15) is 65.2 Å². The number of carbonyl (C=O) groups is 1. The molecular formula is C25H40O6Si. The van der Waals surface area contributed by atoms with E-state index in [0.29, 0.717) is 18.6 Å². The van der Waals surface area contributed by atoms with Gasteiger partial charge >= 0.3 is 0 Å². The smallest absolute Gasteiger partial charge is 0.194 e. The van der Waals surface area contributed by atoms with E-state index in [2.05, 4.69) is 33.9 Å². The normalized spacial score (nSPS) is 29.9. The molecule has 1 aromatic carbocycles. The number of ketones is 1. The Hall–Kier alpha value is -1.09. The maximum Gasteiger partial charge on any atom is 0.194 e. The summed E-state index contributed by atoms with van der Waals surface area (Å²) < 4.78 is 31.2. The van der Waals surface area contributed by atoms with Gasteiger partial charge in [0.1, 0.15) is 12.2 Å². The van der Waals surface area contributed by atoms with Gasteiger partial charge in [-0.1, -0.05) is 51.1 Å². The first-order valence-corrected chi connectivity index (χ1v) is 14.5. The van der Waals surface area contributed by atoms with Gasteiger partial charge in [-0.15, -0.1) is 0 Å². The molecule has 6 nitrogen and oxygen atoms in total. The second-order valence-electron chi connectivity index (χ2n) is 11.3. The fourth-order valence-electron chi connectivity index (χ4n) is 4.01. The zero-order valence-electron chi connectivity index (χ0n) is 21.1. The summed E-state index contributed by atoms with van der Waals surface area (Å²) in [5.41, 5.74) is 0.597. The molecule has 3 rings (SSSR count). The molecule has 2 saturated heterocycles. The minimum atomic E-state index is -1.87. The molecule has 0 amide bonds. The van der Waals surface area contributed by atoms with Gasteiger partial charge in [-0.25, -0.2) is 0 Å². The molecule has 0 saturated carbocycles. The van der Waals surface area contributed by atoms with Crippen LogP contribution >= 0.6 is 0 Å². The fraction of sp³-hybridized carbons (Fsp3) is 0.720. The number of rotatable bonds is 7. The highest BCUT2D eigenvalue weighted by atomic mass is 28.4. The lowest BCUT2D eigenvalue weighted by molar-refractivity contribution is -0.175. The number of Topliss-reactive ketones (excluding diaryl/α,β-unsaturated/α-hetero) is 1. The highest BCUT2D eigenvalue weighted by Crippen LogP contribution is 2.41. The molecule has 0 aliphatic carbocycles. The lowest BCUT2D eigenvalue weighted by Crippen LogP contribution is -2.46. The van der Waals surface area contributed by atoms with Crippen molar-refractivity contribution < 1.29 is 28.2 Å². The first-order valence-electron chi connectivity index (χ1n) is 11.6. The van der Waals surface area contributed by atoms with E-state index in [1.165, 1.54) is 0 Å². The van der Waals surface area contributed by atoms with Gasteiger partial charge in [-0.2, -0.15) is 0 Å². The van der Waals surface area contributed by atoms with E-state index in [4.69, 9.17) is 23.4 Å². The zero-order chi connectivity index (χ0) is 23.9. The summed E-state index contributed by atoms with van der Waals surface area (Å²) in [6.45, 7) is 19.2. The zero-order valence-corrected chi connectivity index (χ0v) is 22.1. The van der Waals surface area contributed by atoms with E-state index >= 15 is 0 Å². The molecular weight excluding hydrogens is 424 g/mol. The Bertz CT molecular complexity index is 798. The van der Waals surface area contributed by atoms with Gasteiger partial charge in [0.25, 0.3) is 0 Å². The molecule has 7 heteroatoms. The molecule has 2 aliphatic heterocycles. The van der Waals surface area contributed by atoms with Crippen molar-refractivity contribution in [3.8, 4) is 0 Å². The van der Waals surface area contributed by atoms with Gasteiger partial charge in [0.05, 0.1) is 6.10 Å². The predicted octanol–water partition coefficient (Wildman–Crippen LogP) is 5.32. The second-order valence-corrected chi connectivity index (χ2v) is 16.1. The molecule has 180 valence electrons. The summed E-state index contributed by atoms with van der Waals surface area (Å²) in [6.07, 6.45) is -1.38. The monoisotopic (exact) mass is 464 g/mol. The average Bonchev–Trinajstić information content (AvgIpc) is 3.15. The number of carbonyl (C=O) groups excluding carboxylic acids is 1. The van der Waals surface area contributed by atoms with Crippen molar-refractivity contribution in [2.24, 2.45) is 0 Å². The Kier molecular flexibility index (Phi) is 7.12. The third-order valence-electron chi connectivity index (χ3n) is 6.66. The Morgan fingerprint density at radius 2 is 1.50 bits per heavy atom. The average molecular weight is 465 g/mol. The van der Waals surface area contributed by atoms with E-state index < -0.39 is 38.2 Å². The highest BCUT2D eigenvalue weighted by Gasteiger charge is 2.55. The van der Waals surface area contributed by atoms with Gasteiger partial charge in [0, 0.05) is 12.2 Å². The molecule has 0 N–H and O–H groups in total. The van der Waals surface area contributed by atoms with Crippen LogP contribution < -0.4 is 0 Å². The van der Waals surface area contributed by atoms with Crippen LogP contribution in [-0.2, 0) is 23.4 Å². The molecule has 0 spiro atoms. The van der Waals surface area contributed by atoms with E-state index in [-0.39, 0.29) is 16.9 Å². The third-order valence-corrected chi connectivity index (χ3v) is 11.2. The minimum Gasteiger partial charge on any atom is -0.417 e. The van der Waals surface area contributed by atoms with Gasteiger partial charge < -0.3 is 23.4 Å². The Morgan fingerprint density at radius 3 is 2.09 bits per heavy atom. The lowest BCUT2D eigenvalue weighted by Gasteiger charge is -2.36. The van der Waals surface area contributed by atoms with Crippen molar-refractivity contribution in [1.82, 2.24) is 0 Å². The van der Waals surface area contributed by atoms with Crippen LogP contribution in [0.3, 0.4) is 0 Å². The molecule has 0 radical (unpaired) electrons. The molecule has 32 heavy (non-hydrogen) atoms. The van der Waals surface area contributed by atoms with Crippen molar-refractivity contribution in [3.63, 3.8) is 0 Å². The SMILES string of the molecule is CC1(C)O[C@H]([C@H]2OC(C)(C)O[C@@H]2CCO[Si](C)(C)C(C)(C)C)[C@@H](C(=O)c2ccccc2)O1.